The van der Waals surface area contributed by atoms with Gasteiger partial charge in [-0.2, -0.15) is 13.2 Å². The zero-order chi connectivity index (χ0) is 12.5. The van der Waals surface area contributed by atoms with Crippen molar-refractivity contribution in [2.24, 2.45) is 5.73 Å². The van der Waals surface area contributed by atoms with E-state index in [0.717, 1.165) is 12.1 Å². The van der Waals surface area contributed by atoms with Crippen molar-refractivity contribution in [1.82, 2.24) is 4.98 Å². The summed E-state index contributed by atoms with van der Waals surface area (Å²) in [5.74, 6) is 0.263. The molecule has 0 aliphatic heterocycles. The van der Waals surface area contributed by atoms with Gasteiger partial charge in [0.15, 0.2) is 0 Å². The summed E-state index contributed by atoms with van der Waals surface area (Å²) in [6.07, 6.45) is -2.95. The van der Waals surface area contributed by atoms with Gasteiger partial charge in [-0.3, -0.25) is 0 Å². The summed E-state index contributed by atoms with van der Waals surface area (Å²) in [5, 5.41) is 0. The summed E-state index contributed by atoms with van der Waals surface area (Å²) >= 11 is 0. The Balaban J connectivity index is 0.00000162. The molecule has 2 aromatic rings. The molecule has 3 nitrogen and oxygen atoms in total. The van der Waals surface area contributed by atoms with Gasteiger partial charge in [0.25, 0.3) is 0 Å². The molecule has 2 N–H and O–H groups in total. The van der Waals surface area contributed by atoms with Crippen LogP contribution in [0.2, 0.25) is 0 Å². The molecule has 0 fully saturated rings. The minimum Gasteiger partial charge on any atom is -0.444 e. The van der Waals surface area contributed by atoms with Gasteiger partial charge >= 0.3 is 6.18 Å². The van der Waals surface area contributed by atoms with Crippen LogP contribution in [0, 0.1) is 0 Å². The van der Waals surface area contributed by atoms with E-state index in [4.69, 9.17) is 10.2 Å². The molecule has 98 valence electrons. The monoisotopic (exact) mass is 278 g/mol. The van der Waals surface area contributed by atoms with Crippen molar-refractivity contribution in [1.29, 1.82) is 0 Å². The van der Waals surface area contributed by atoms with Crippen LogP contribution in [0.3, 0.4) is 0 Å². The third-order valence-corrected chi connectivity index (χ3v) is 2.22. The fourth-order valence-electron chi connectivity index (χ4n) is 1.34. The van der Waals surface area contributed by atoms with E-state index in [1.807, 2.05) is 0 Å². The molecular formula is C11H10ClF3N2O. The van der Waals surface area contributed by atoms with Gasteiger partial charge in [0.05, 0.1) is 11.3 Å². The first kappa shape index (κ1) is 14.5. The average molecular weight is 279 g/mol. The molecule has 0 saturated heterocycles. The highest BCUT2D eigenvalue weighted by molar-refractivity contribution is 5.85. The third kappa shape index (κ3) is 3.02. The van der Waals surface area contributed by atoms with Crippen LogP contribution in [0.5, 0.6) is 0 Å². The molecule has 0 aliphatic carbocycles. The molecule has 2 rings (SSSR count). The largest absolute Gasteiger partial charge is 0.444 e. The number of benzene rings is 1. The van der Waals surface area contributed by atoms with Crippen LogP contribution in [0.1, 0.15) is 11.3 Å². The minimum atomic E-state index is -4.34. The number of nitrogens with zero attached hydrogens (tertiary/aromatic N) is 1. The third-order valence-electron chi connectivity index (χ3n) is 2.22. The molecule has 1 heterocycles. The lowest BCUT2D eigenvalue weighted by Gasteiger charge is -2.05. The van der Waals surface area contributed by atoms with Gasteiger partial charge in [0.1, 0.15) is 6.26 Å². The second kappa shape index (κ2) is 5.41. The molecule has 0 spiro atoms. The van der Waals surface area contributed by atoms with Crippen molar-refractivity contribution in [3.8, 4) is 11.5 Å². The lowest BCUT2D eigenvalue weighted by atomic mass is 10.1. The van der Waals surface area contributed by atoms with Gasteiger partial charge in [-0.25, -0.2) is 4.98 Å². The van der Waals surface area contributed by atoms with Crippen molar-refractivity contribution in [2.45, 2.75) is 12.7 Å². The molecule has 0 unspecified atom stereocenters. The molecule has 0 atom stereocenters. The second-order valence-electron chi connectivity index (χ2n) is 3.42. The van der Waals surface area contributed by atoms with Crippen LogP contribution in [0.4, 0.5) is 13.2 Å². The number of hydrogen-bond donors (Lipinski definition) is 1. The first-order valence-corrected chi connectivity index (χ1v) is 4.83. The van der Waals surface area contributed by atoms with Crippen LogP contribution < -0.4 is 5.73 Å². The second-order valence-corrected chi connectivity index (χ2v) is 3.42. The molecule has 7 heteroatoms. The van der Waals surface area contributed by atoms with Crippen molar-refractivity contribution >= 4 is 12.4 Å². The Morgan fingerprint density at radius 1 is 1.17 bits per heavy atom. The van der Waals surface area contributed by atoms with Crippen molar-refractivity contribution in [3.63, 3.8) is 0 Å². The lowest BCUT2D eigenvalue weighted by Crippen LogP contribution is -2.04. The van der Waals surface area contributed by atoms with Gasteiger partial charge in [-0.1, -0.05) is 0 Å². The summed E-state index contributed by atoms with van der Waals surface area (Å²) in [5.41, 5.74) is 5.69. The van der Waals surface area contributed by atoms with E-state index in [9.17, 15) is 13.2 Å². The predicted octanol–water partition coefficient (Wildman–Crippen LogP) is 3.24. The Hall–Kier alpha value is -1.53. The molecule has 18 heavy (non-hydrogen) atoms. The fraction of sp³-hybridized carbons (Fsp3) is 0.182. The van der Waals surface area contributed by atoms with E-state index < -0.39 is 11.7 Å². The topological polar surface area (TPSA) is 52.0 Å². The zero-order valence-corrected chi connectivity index (χ0v) is 9.89. The maximum atomic E-state index is 12.3. The maximum absolute atomic E-state index is 12.3. The van der Waals surface area contributed by atoms with Crippen LogP contribution in [-0.2, 0) is 12.7 Å². The van der Waals surface area contributed by atoms with E-state index in [1.165, 1.54) is 18.4 Å². The molecule has 0 bridgehead atoms. The van der Waals surface area contributed by atoms with E-state index in [0.29, 0.717) is 11.3 Å². The Bertz CT molecular complexity index is 508. The quantitative estimate of drug-likeness (QED) is 0.917. The average Bonchev–Trinajstić information content (AvgIpc) is 2.76. The maximum Gasteiger partial charge on any atom is 0.416 e. The number of alkyl halides is 3. The lowest BCUT2D eigenvalue weighted by molar-refractivity contribution is -0.137. The number of oxazole rings is 1. The standard InChI is InChI=1S/C11H9F3N2O.ClH/c12-11(13,14)8-3-1-7(2-4-8)10-16-9(5-15)6-17-10;/h1-4,6H,5,15H2;1H. The first-order valence-electron chi connectivity index (χ1n) is 4.83. The summed E-state index contributed by atoms with van der Waals surface area (Å²) in [4.78, 5) is 4.02. The van der Waals surface area contributed by atoms with Crippen molar-refractivity contribution < 1.29 is 17.6 Å². The number of rotatable bonds is 2. The van der Waals surface area contributed by atoms with Crippen LogP contribution in [-0.4, -0.2) is 4.98 Å². The SMILES string of the molecule is Cl.NCc1coc(-c2ccc(C(F)(F)F)cc2)n1. The summed E-state index contributed by atoms with van der Waals surface area (Å²) in [6, 6.07) is 4.60. The van der Waals surface area contributed by atoms with Crippen molar-refractivity contribution in [3.05, 3.63) is 41.8 Å². The van der Waals surface area contributed by atoms with Gasteiger partial charge in [0, 0.05) is 12.1 Å². The van der Waals surface area contributed by atoms with E-state index in [-0.39, 0.29) is 24.8 Å². The Labute approximate surface area is 107 Å². The first-order chi connectivity index (χ1) is 8.00. The molecule has 1 aromatic carbocycles. The molecular weight excluding hydrogens is 269 g/mol. The highest BCUT2D eigenvalue weighted by Crippen LogP contribution is 2.30. The molecule has 0 amide bonds. The smallest absolute Gasteiger partial charge is 0.416 e. The van der Waals surface area contributed by atoms with E-state index >= 15 is 0 Å². The molecule has 1 aromatic heterocycles. The van der Waals surface area contributed by atoms with Gasteiger partial charge in [-0.15, -0.1) is 12.4 Å². The van der Waals surface area contributed by atoms with Crippen LogP contribution in [0.15, 0.2) is 34.9 Å². The Kier molecular flexibility index (Phi) is 4.37. The summed E-state index contributed by atoms with van der Waals surface area (Å²) in [7, 11) is 0. The Morgan fingerprint density at radius 2 is 1.78 bits per heavy atom. The van der Waals surface area contributed by atoms with E-state index in [1.54, 1.807) is 0 Å². The highest BCUT2D eigenvalue weighted by atomic mass is 35.5. The fourth-order valence-corrected chi connectivity index (χ4v) is 1.34. The zero-order valence-electron chi connectivity index (χ0n) is 9.07. The molecule has 0 aliphatic rings. The predicted molar refractivity (Wildman–Crippen MR) is 62.1 cm³/mol. The van der Waals surface area contributed by atoms with Crippen LogP contribution in [0.25, 0.3) is 11.5 Å². The van der Waals surface area contributed by atoms with Crippen molar-refractivity contribution in [2.75, 3.05) is 0 Å². The highest BCUT2D eigenvalue weighted by Gasteiger charge is 2.30. The summed E-state index contributed by atoms with van der Waals surface area (Å²) < 4.78 is 42.1. The number of nitrogens with two attached hydrogens (primary N) is 1. The normalized spacial score (nSPS) is 11.1. The molecule has 0 radical (unpaired) electrons. The van der Waals surface area contributed by atoms with Crippen LogP contribution >= 0.6 is 12.4 Å². The number of aromatic nitrogens is 1. The van der Waals surface area contributed by atoms with Gasteiger partial charge < -0.3 is 10.2 Å². The number of hydrogen-bond acceptors (Lipinski definition) is 3. The minimum absolute atomic E-state index is 0. The van der Waals surface area contributed by atoms with E-state index in [2.05, 4.69) is 4.98 Å². The summed E-state index contributed by atoms with van der Waals surface area (Å²) in [6.45, 7) is 0.226. The van der Waals surface area contributed by atoms with Gasteiger partial charge in [-0.05, 0) is 24.3 Å². The molecule has 0 saturated carbocycles. The Morgan fingerprint density at radius 3 is 2.22 bits per heavy atom. The van der Waals surface area contributed by atoms with Gasteiger partial charge in [0.2, 0.25) is 5.89 Å². The number of halogens is 4.